The molecule has 1 N–H and O–H groups in total. The van der Waals surface area contributed by atoms with E-state index in [-0.39, 0.29) is 5.91 Å². The number of halogens is 3. The first-order valence-corrected chi connectivity index (χ1v) is 6.96. The van der Waals surface area contributed by atoms with E-state index >= 15 is 0 Å². The number of alkyl halides is 1. The highest BCUT2D eigenvalue weighted by molar-refractivity contribution is 9.13. The molecule has 1 heterocycles. The molecule has 0 aliphatic carbocycles. The molecule has 13 heavy (non-hydrogen) atoms. The highest BCUT2D eigenvalue weighted by Gasteiger charge is 2.10. The number of carbonyl (C=O) groups excluding carboxylic acids is 1. The summed E-state index contributed by atoms with van der Waals surface area (Å²) in [6, 6.07) is 1.80. The highest BCUT2D eigenvalue weighted by Crippen LogP contribution is 2.32. The van der Waals surface area contributed by atoms with Gasteiger partial charge in [-0.25, -0.2) is 0 Å². The van der Waals surface area contributed by atoms with E-state index in [1.54, 1.807) is 6.07 Å². The van der Waals surface area contributed by atoms with Crippen molar-refractivity contribution in [3.63, 3.8) is 0 Å². The highest BCUT2D eigenvalue weighted by atomic mass is 79.9. The van der Waals surface area contributed by atoms with E-state index < -0.39 is 0 Å². The van der Waals surface area contributed by atoms with Crippen molar-refractivity contribution in [3.05, 3.63) is 19.2 Å². The van der Waals surface area contributed by atoms with Gasteiger partial charge in [-0.1, -0.05) is 15.9 Å². The lowest BCUT2D eigenvalue weighted by Gasteiger charge is -1.98. The van der Waals surface area contributed by atoms with E-state index in [9.17, 15) is 4.79 Å². The van der Waals surface area contributed by atoms with Crippen molar-refractivity contribution in [1.29, 1.82) is 0 Å². The van der Waals surface area contributed by atoms with Crippen LogP contribution in [0.15, 0.2) is 14.3 Å². The molecule has 1 rings (SSSR count). The van der Waals surface area contributed by atoms with E-state index in [4.69, 9.17) is 0 Å². The molecule has 72 valence electrons. The lowest BCUT2D eigenvalue weighted by Crippen LogP contribution is -2.24. The predicted molar refractivity (Wildman–Crippen MR) is 65.8 cm³/mol. The Morgan fingerprint density at radius 3 is 2.69 bits per heavy atom. The summed E-state index contributed by atoms with van der Waals surface area (Å²) >= 11 is 11.3. The summed E-state index contributed by atoms with van der Waals surface area (Å²) in [4.78, 5) is 12.1. The van der Waals surface area contributed by atoms with Gasteiger partial charge in [0.05, 0.1) is 8.66 Å². The van der Waals surface area contributed by atoms with Gasteiger partial charge < -0.3 is 5.32 Å². The maximum absolute atomic E-state index is 11.4. The Bertz CT molecular complexity index is 293. The van der Waals surface area contributed by atoms with Gasteiger partial charge in [-0.05, 0) is 37.9 Å². The van der Waals surface area contributed by atoms with Gasteiger partial charge in [0.2, 0.25) is 0 Å². The molecule has 0 atom stereocenters. The summed E-state index contributed by atoms with van der Waals surface area (Å²) in [6.45, 7) is 0.645. The van der Waals surface area contributed by atoms with E-state index in [1.165, 1.54) is 11.3 Å². The first-order valence-electron chi connectivity index (χ1n) is 3.44. The lowest BCUT2D eigenvalue weighted by atomic mass is 10.4. The van der Waals surface area contributed by atoms with Gasteiger partial charge >= 0.3 is 0 Å². The minimum absolute atomic E-state index is 0.0316. The van der Waals surface area contributed by atoms with Crippen LogP contribution in [0.2, 0.25) is 0 Å². The van der Waals surface area contributed by atoms with Gasteiger partial charge in [-0.15, -0.1) is 11.3 Å². The van der Waals surface area contributed by atoms with E-state index in [0.29, 0.717) is 11.4 Å². The maximum Gasteiger partial charge on any atom is 0.261 e. The molecule has 0 radical (unpaired) electrons. The van der Waals surface area contributed by atoms with Crippen LogP contribution in [0.3, 0.4) is 0 Å². The molecule has 0 aromatic carbocycles. The zero-order chi connectivity index (χ0) is 9.84. The third kappa shape index (κ3) is 3.34. The summed E-state index contributed by atoms with van der Waals surface area (Å²) < 4.78 is 1.86. The quantitative estimate of drug-likeness (QED) is 0.786. The summed E-state index contributed by atoms with van der Waals surface area (Å²) in [6.07, 6.45) is 0. The Morgan fingerprint density at radius 1 is 1.54 bits per heavy atom. The molecule has 1 aromatic rings. The molecule has 6 heteroatoms. The normalized spacial score (nSPS) is 10.1. The van der Waals surface area contributed by atoms with Crippen LogP contribution < -0.4 is 5.32 Å². The van der Waals surface area contributed by atoms with Gasteiger partial charge in [0, 0.05) is 16.3 Å². The Balaban J connectivity index is 2.66. The average Bonchev–Trinajstić information content (AvgIpc) is 2.43. The lowest BCUT2D eigenvalue weighted by molar-refractivity contribution is 0.0960. The largest absolute Gasteiger partial charge is 0.351 e. The van der Waals surface area contributed by atoms with Crippen molar-refractivity contribution < 1.29 is 4.79 Å². The Hall–Kier alpha value is 0.610. The van der Waals surface area contributed by atoms with Gasteiger partial charge in [0.15, 0.2) is 0 Å². The van der Waals surface area contributed by atoms with Crippen molar-refractivity contribution >= 4 is 65.0 Å². The number of carbonyl (C=O) groups is 1. The van der Waals surface area contributed by atoms with Gasteiger partial charge in [0.25, 0.3) is 5.91 Å². The van der Waals surface area contributed by atoms with Gasteiger partial charge in [-0.3, -0.25) is 4.79 Å². The molecule has 0 fully saturated rings. The first-order chi connectivity index (χ1) is 6.15. The second kappa shape index (κ2) is 5.48. The molecule has 1 amide bonds. The van der Waals surface area contributed by atoms with Crippen molar-refractivity contribution in [1.82, 2.24) is 5.32 Å². The van der Waals surface area contributed by atoms with Crippen LogP contribution in [0.25, 0.3) is 0 Å². The predicted octanol–water partition coefficient (Wildman–Crippen LogP) is 3.40. The van der Waals surface area contributed by atoms with Crippen LogP contribution >= 0.6 is 59.1 Å². The molecule has 2 nitrogen and oxygen atoms in total. The zero-order valence-corrected chi connectivity index (χ0v) is 12.0. The van der Waals surface area contributed by atoms with Crippen LogP contribution in [0.1, 0.15) is 9.67 Å². The summed E-state index contributed by atoms with van der Waals surface area (Å²) in [5.41, 5.74) is 0. The zero-order valence-electron chi connectivity index (χ0n) is 6.44. The number of hydrogen-bond donors (Lipinski definition) is 1. The van der Waals surface area contributed by atoms with Crippen molar-refractivity contribution in [2.45, 2.75) is 0 Å². The van der Waals surface area contributed by atoms with Crippen molar-refractivity contribution in [2.75, 3.05) is 11.9 Å². The second-order valence-corrected chi connectivity index (χ2v) is 6.19. The van der Waals surface area contributed by atoms with Crippen LogP contribution in [0, 0.1) is 0 Å². The third-order valence-electron chi connectivity index (χ3n) is 1.25. The average molecular weight is 392 g/mol. The van der Waals surface area contributed by atoms with Crippen LogP contribution in [0.5, 0.6) is 0 Å². The SMILES string of the molecule is O=C(NCCBr)c1cc(Br)c(Br)s1. The summed E-state index contributed by atoms with van der Waals surface area (Å²) in [5.74, 6) is -0.0316. The second-order valence-electron chi connectivity index (χ2n) is 2.18. The van der Waals surface area contributed by atoms with Crippen molar-refractivity contribution in [3.8, 4) is 0 Å². The number of nitrogens with one attached hydrogen (secondary N) is 1. The minimum atomic E-state index is -0.0316. The molecule has 0 bridgehead atoms. The van der Waals surface area contributed by atoms with E-state index in [2.05, 4.69) is 53.1 Å². The van der Waals surface area contributed by atoms with E-state index in [1.807, 2.05) is 0 Å². The van der Waals surface area contributed by atoms with Crippen molar-refractivity contribution in [2.24, 2.45) is 0 Å². The number of hydrogen-bond acceptors (Lipinski definition) is 2. The Labute approximate surface area is 105 Å². The maximum atomic E-state index is 11.4. The fraction of sp³-hybridized carbons (Fsp3) is 0.286. The minimum Gasteiger partial charge on any atom is -0.351 e. The smallest absolute Gasteiger partial charge is 0.261 e. The number of amides is 1. The van der Waals surface area contributed by atoms with Crippen LogP contribution in [0.4, 0.5) is 0 Å². The van der Waals surface area contributed by atoms with Crippen LogP contribution in [-0.4, -0.2) is 17.8 Å². The fourth-order valence-electron chi connectivity index (χ4n) is 0.706. The topological polar surface area (TPSA) is 29.1 Å². The molecule has 0 saturated carbocycles. The Morgan fingerprint density at radius 2 is 2.23 bits per heavy atom. The Kier molecular flexibility index (Phi) is 4.93. The summed E-state index contributed by atoms with van der Waals surface area (Å²) in [5, 5.41) is 3.54. The number of rotatable bonds is 3. The first kappa shape index (κ1) is 11.7. The standard InChI is InChI=1S/C7H6Br3NOS/c8-1-2-11-7(12)5-3-4(9)6(10)13-5/h3H,1-2H2,(H,11,12). The molecular formula is C7H6Br3NOS. The van der Waals surface area contributed by atoms with E-state index in [0.717, 1.165) is 13.6 Å². The fourth-order valence-corrected chi connectivity index (χ4v) is 2.86. The molecule has 1 aromatic heterocycles. The molecule has 0 aliphatic heterocycles. The van der Waals surface area contributed by atoms with Crippen LogP contribution in [-0.2, 0) is 0 Å². The number of thiophene rings is 1. The summed E-state index contributed by atoms with van der Waals surface area (Å²) in [7, 11) is 0. The monoisotopic (exact) mass is 389 g/mol. The molecule has 0 spiro atoms. The molecule has 0 aliphatic rings. The van der Waals surface area contributed by atoms with Gasteiger partial charge in [0.1, 0.15) is 0 Å². The van der Waals surface area contributed by atoms with Gasteiger partial charge in [-0.2, -0.15) is 0 Å². The third-order valence-corrected chi connectivity index (χ3v) is 4.90. The molecule has 0 unspecified atom stereocenters. The molecular weight excluding hydrogens is 386 g/mol. The molecule has 0 saturated heterocycles.